The predicted octanol–water partition coefficient (Wildman–Crippen LogP) is 2.68. The summed E-state index contributed by atoms with van der Waals surface area (Å²) < 4.78 is 28.0. The number of para-hydroxylation sites is 1. The summed E-state index contributed by atoms with van der Waals surface area (Å²) in [5.41, 5.74) is 2.72. The summed E-state index contributed by atoms with van der Waals surface area (Å²) in [4.78, 5) is 12.6. The summed E-state index contributed by atoms with van der Waals surface area (Å²) in [6.45, 7) is 3.51. The van der Waals surface area contributed by atoms with E-state index in [1.807, 2.05) is 48.9 Å². The monoisotopic (exact) mass is 412 g/mol. The zero-order chi connectivity index (χ0) is 21.0. The smallest absolute Gasteiger partial charge is 0.243 e. The molecule has 1 unspecified atom stereocenters. The molecule has 1 amide bonds. The van der Waals surface area contributed by atoms with Crippen molar-refractivity contribution < 1.29 is 13.2 Å². The highest BCUT2D eigenvalue weighted by Crippen LogP contribution is 2.20. The Labute approximate surface area is 171 Å². The van der Waals surface area contributed by atoms with E-state index in [9.17, 15) is 13.2 Å². The first-order chi connectivity index (χ1) is 13.8. The number of likely N-dealkylation sites (N-methyl/N-ethyl adjacent to an activating group) is 1. The highest BCUT2D eigenvalue weighted by atomic mass is 32.2. The topological polar surface area (TPSA) is 84.3 Å². The van der Waals surface area contributed by atoms with Gasteiger partial charge in [0, 0.05) is 18.3 Å². The second kappa shape index (κ2) is 8.59. The molecular formula is C21H24N4O3S. The van der Waals surface area contributed by atoms with Gasteiger partial charge in [0.1, 0.15) is 0 Å². The van der Waals surface area contributed by atoms with E-state index in [1.54, 1.807) is 24.4 Å². The van der Waals surface area contributed by atoms with Crippen LogP contribution in [0, 0.1) is 6.92 Å². The lowest BCUT2D eigenvalue weighted by Crippen LogP contribution is -2.39. The predicted molar refractivity (Wildman–Crippen MR) is 111 cm³/mol. The van der Waals surface area contributed by atoms with Crippen molar-refractivity contribution >= 4 is 15.9 Å². The third-order valence-corrected chi connectivity index (χ3v) is 6.53. The first kappa shape index (κ1) is 20.8. The summed E-state index contributed by atoms with van der Waals surface area (Å²) in [5.74, 6) is -0.383. The van der Waals surface area contributed by atoms with Gasteiger partial charge in [-0.1, -0.05) is 36.4 Å². The maximum atomic E-state index is 12.6. The van der Waals surface area contributed by atoms with Crippen LogP contribution in [0.5, 0.6) is 0 Å². The van der Waals surface area contributed by atoms with Gasteiger partial charge in [-0.3, -0.25) is 4.79 Å². The summed E-state index contributed by atoms with van der Waals surface area (Å²) in [6, 6.07) is 17.5. The van der Waals surface area contributed by atoms with E-state index in [0.29, 0.717) is 0 Å². The number of nitrogens with zero attached hydrogens (tertiary/aromatic N) is 3. The summed E-state index contributed by atoms with van der Waals surface area (Å²) in [6.07, 6.45) is 1.72. The number of hydrogen-bond acceptors (Lipinski definition) is 4. The Morgan fingerprint density at radius 2 is 1.69 bits per heavy atom. The first-order valence-electron chi connectivity index (χ1n) is 9.21. The molecule has 152 valence electrons. The van der Waals surface area contributed by atoms with Crippen LogP contribution >= 0.6 is 0 Å². The molecule has 0 bridgehead atoms. The molecule has 0 radical (unpaired) electrons. The minimum absolute atomic E-state index is 0.156. The zero-order valence-electron chi connectivity index (χ0n) is 16.6. The molecule has 0 spiro atoms. The van der Waals surface area contributed by atoms with Gasteiger partial charge in [0.15, 0.2) is 0 Å². The fourth-order valence-corrected chi connectivity index (χ4v) is 4.25. The van der Waals surface area contributed by atoms with Gasteiger partial charge >= 0.3 is 0 Å². The standard InChI is InChI=1S/C21H24N4O3S/c1-16(20-14-22-25(17(20)2)18-10-6-4-7-11-18)23-21(26)15-24(3)29(27,28)19-12-8-5-9-13-19/h4-14,16H,15H2,1-3H3,(H,23,26). The Balaban J connectivity index is 1.68. The second-order valence-electron chi connectivity index (χ2n) is 6.80. The van der Waals surface area contributed by atoms with E-state index in [2.05, 4.69) is 10.4 Å². The Kier molecular flexibility index (Phi) is 6.14. The van der Waals surface area contributed by atoms with E-state index >= 15 is 0 Å². The number of carbonyl (C=O) groups excluding carboxylic acids is 1. The van der Waals surface area contributed by atoms with Crippen molar-refractivity contribution in [3.63, 3.8) is 0 Å². The minimum Gasteiger partial charge on any atom is -0.348 e. The van der Waals surface area contributed by atoms with Crippen molar-refractivity contribution in [2.45, 2.75) is 24.8 Å². The molecule has 0 aliphatic carbocycles. The van der Waals surface area contributed by atoms with E-state index in [4.69, 9.17) is 0 Å². The van der Waals surface area contributed by atoms with Gasteiger partial charge in [-0.15, -0.1) is 0 Å². The van der Waals surface area contributed by atoms with Crippen LogP contribution in [0.3, 0.4) is 0 Å². The normalized spacial score (nSPS) is 12.7. The fourth-order valence-electron chi connectivity index (χ4n) is 3.10. The van der Waals surface area contributed by atoms with Crippen LogP contribution in [0.2, 0.25) is 0 Å². The van der Waals surface area contributed by atoms with Crippen molar-refractivity contribution in [1.29, 1.82) is 0 Å². The molecule has 29 heavy (non-hydrogen) atoms. The lowest BCUT2D eigenvalue weighted by atomic mass is 10.1. The Morgan fingerprint density at radius 1 is 1.10 bits per heavy atom. The van der Waals surface area contributed by atoms with Gasteiger partial charge in [-0.25, -0.2) is 13.1 Å². The molecule has 1 atom stereocenters. The molecule has 0 saturated heterocycles. The number of rotatable bonds is 7. The van der Waals surface area contributed by atoms with E-state index < -0.39 is 10.0 Å². The Hall–Kier alpha value is -2.97. The molecule has 3 rings (SSSR count). The molecule has 8 heteroatoms. The zero-order valence-corrected chi connectivity index (χ0v) is 17.4. The molecular weight excluding hydrogens is 388 g/mol. The fraction of sp³-hybridized carbons (Fsp3) is 0.238. The molecule has 1 heterocycles. The Bertz CT molecular complexity index is 1080. The van der Waals surface area contributed by atoms with Gasteiger partial charge in [-0.05, 0) is 38.1 Å². The first-order valence-corrected chi connectivity index (χ1v) is 10.7. The number of carbonyl (C=O) groups is 1. The van der Waals surface area contributed by atoms with E-state index in [1.165, 1.54) is 19.2 Å². The molecule has 0 fully saturated rings. The van der Waals surface area contributed by atoms with Crippen LogP contribution in [0.15, 0.2) is 71.8 Å². The highest BCUT2D eigenvalue weighted by Gasteiger charge is 2.24. The number of aromatic nitrogens is 2. The van der Waals surface area contributed by atoms with Crippen LogP contribution < -0.4 is 5.32 Å². The second-order valence-corrected chi connectivity index (χ2v) is 8.84. The average molecular weight is 413 g/mol. The van der Waals surface area contributed by atoms with Gasteiger partial charge < -0.3 is 5.32 Å². The number of hydrogen-bond donors (Lipinski definition) is 1. The van der Waals surface area contributed by atoms with Gasteiger partial charge in [-0.2, -0.15) is 9.40 Å². The lowest BCUT2D eigenvalue weighted by molar-refractivity contribution is -0.121. The summed E-state index contributed by atoms with van der Waals surface area (Å²) >= 11 is 0. The largest absolute Gasteiger partial charge is 0.348 e. The third-order valence-electron chi connectivity index (χ3n) is 4.71. The quantitative estimate of drug-likeness (QED) is 0.647. The molecule has 2 aromatic carbocycles. The van der Waals surface area contributed by atoms with Gasteiger partial charge in [0.2, 0.25) is 15.9 Å². The highest BCUT2D eigenvalue weighted by molar-refractivity contribution is 7.89. The van der Waals surface area contributed by atoms with Crippen molar-refractivity contribution in [3.8, 4) is 5.69 Å². The average Bonchev–Trinajstić information content (AvgIpc) is 3.10. The van der Waals surface area contributed by atoms with Crippen LogP contribution in [0.4, 0.5) is 0 Å². The lowest BCUT2D eigenvalue weighted by Gasteiger charge is -2.19. The SMILES string of the molecule is Cc1c(C(C)NC(=O)CN(C)S(=O)(=O)c2ccccc2)cnn1-c1ccccc1. The third kappa shape index (κ3) is 4.55. The van der Waals surface area contributed by atoms with Crippen LogP contribution in [-0.4, -0.2) is 42.0 Å². The van der Waals surface area contributed by atoms with Gasteiger partial charge in [0.25, 0.3) is 0 Å². The summed E-state index contributed by atoms with van der Waals surface area (Å²) in [7, 11) is -2.32. The van der Waals surface area contributed by atoms with Crippen molar-refractivity contribution in [2.75, 3.05) is 13.6 Å². The number of amides is 1. The van der Waals surface area contributed by atoms with Gasteiger partial charge in [0.05, 0.1) is 29.4 Å². The number of sulfonamides is 1. The van der Waals surface area contributed by atoms with E-state index in [-0.39, 0.29) is 23.4 Å². The molecule has 1 N–H and O–H groups in total. The van der Waals surface area contributed by atoms with Crippen LogP contribution in [-0.2, 0) is 14.8 Å². The molecule has 1 aromatic heterocycles. The molecule has 0 saturated carbocycles. The maximum absolute atomic E-state index is 12.6. The Morgan fingerprint density at radius 3 is 2.31 bits per heavy atom. The van der Waals surface area contributed by atoms with Crippen molar-refractivity contribution in [1.82, 2.24) is 19.4 Å². The molecule has 3 aromatic rings. The minimum atomic E-state index is -3.72. The number of nitrogens with one attached hydrogen (secondary N) is 1. The van der Waals surface area contributed by atoms with Crippen molar-refractivity contribution in [2.24, 2.45) is 0 Å². The van der Waals surface area contributed by atoms with Crippen LogP contribution in [0.1, 0.15) is 24.2 Å². The molecule has 7 nitrogen and oxygen atoms in total. The van der Waals surface area contributed by atoms with Crippen molar-refractivity contribution in [3.05, 3.63) is 78.1 Å². The maximum Gasteiger partial charge on any atom is 0.243 e. The molecule has 0 aliphatic heterocycles. The van der Waals surface area contributed by atoms with Crippen LogP contribution in [0.25, 0.3) is 5.69 Å². The number of benzene rings is 2. The van der Waals surface area contributed by atoms with E-state index in [0.717, 1.165) is 21.2 Å². The molecule has 0 aliphatic rings. The summed E-state index contributed by atoms with van der Waals surface area (Å²) in [5, 5.41) is 7.27.